The van der Waals surface area contributed by atoms with Gasteiger partial charge in [0.15, 0.2) is 0 Å². The number of thioether (sulfide) groups is 2. The first-order valence-electron chi connectivity index (χ1n) is 13.0. The summed E-state index contributed by atoms with van der Waals surface area (Å²) in [5.74, 6) is -0.569. The van der Waals surface area contributed by atoms with Crippen LogP contribution in [-0.2, 0) is 9.53 Å². The van der Waals surface area contributed by atoms with Gasteiger partial charge >= 0.3 is 12.0 Å². The molecule has 9 heteroatoms. The second-order valence-corrected chi connectivity index (χ2v) is 11.8. The van der Waals surface area contributed by atoms with Gasteiger partial charge in [-0.1, -0.05) is 42.5 Å². The zero-order valence-corrected chi connectivity index (χ0v) is 23.7. The molecule has 0 saturated carbocycles. The molecule has 3 aromatic rings. The molecule has 0 saturated heterocycles. The Morgan fingerprint density at radius 2 is 1.73 bits per heavy atom. The van der Waals surface area contributed by atoms with Crippen LogP contribution in [0.2, 0.25) is 0 Å². The van der Waals surface area contributed by atoms with Crippen LogP contribution in [-0.4, -0.2) is 41.1 Å². The predicted molar refractivity (Wildman–Crippen MR) is 162 cm³/mol. The minimum Gasteiger partial charge on any atom is -0.462 e. The van der Waals surface area contributed by atoms with E-state index < -0.39 is 11.2 Å². The number of nitrogens with zero attached hydrogens (tertiary/aromatic N) is 1. The average molecular weight is 572 g/mol. The van der Waals surface area contributed by atoms with E-state index in [0.717, 1.165) is 15.5 Å². The summed E-state index contributed by atoms with van der Waals surface area (Å²) in [5, 5.41) is 5.69. The van der Waals surface area contributed by atoms with Crippen molar-refractivity contribution in [3.05, 3.63) is 103 Å². The number of carbonyl (C=O) groups excluding carboxylic acids is 3. The van der Waals surface area contributed by atoms with Crippen molar-refractivity contribution in [1.29, 1.82) is 0 Å². The van der Waals surface area contributed by atoms with E-state index in [1.54, 1.807) is 43.0 Å². The zero-order valence-electron chi connectivity index (χ0n) is 22.1. The third kappa shape index (κ3) is 6.26. The molecule has 0 bridgehead atoms. The number of anilines is 3. The molecule has 0 spiro atoms. The number of urea groups is 1. The highest BCUT2D eigenvalue weighted by molar-refractivity contribution is 8.00. The molecule has 1 aliphatic carbocycles. The quantitative estimate of drug-likeness (QED) is 0.235. The second kappa shape index (κ2) is 12.5. The molecule has 5 rings (SSSR count). The number of allylic oxidation sites excluding steroid dienone is 2. The highest BCUT2D eigenvalue weighted by Gasteiger charge is 2.36. The fraction of sp³-hybridized carbons (Fsp3) is 0.194. The van der Waals surface area contributed by atoms with Crippen LogP contribution >= 0.6 is 23.5 Å². The number of benzene rings is 3. The van der Waals surface area contributed by atoms with Gasteiger partial charge in [-0.2, -0.15) is 0 Å². The van der Waals surface area contributed by atoms with Crippen molar-refractivity contribution in [3.63, 3.8) is 0 Å². The van der Waals surface area contributed by atoms with Crippen molar-refractivity contribution in [2.45, 2.75) is 40.2 Å². The lowest BCUT2D eigenvalue weighted by Gasteiger charge is -2.40. The Morgan fingerprint density at radius 1 is 0.950 bits per heavy atom. The molecular weight excluding hydrogens is 542 g/mol. The summed E-state index contributed by atoms with van der Waals surface area (Å²) in [6, 6.07) is 21.8. The van der Waals surface area contributed by atoms with Gasteiger partial charge in [-0.05, 0) is 68.4 Å². The molecule has 2 N–H and O–H groups in total. The average Bonchev–Trinajstić information content (AvgIpc) is 2.96. The number of nitrogens with one attached hydrogen (secondary N) is 2. The van der Waals surface area contributed by atoms with E-state index in [1.807, 2.05) is 72.5 Å². The van der Waals surface area contributed by atoms with Gasteiger partial charge in [0.2, 0.25) is 5.91 Å². The fourth-order valence-corrected chi connectivity index (χ4v) is 6.65. The number of para-hydroxylation sites is 1. The maximum atomic E-state index is 13.6. The molecule has 3 unspecified atom stereocenters. The Morgan fingerprint density at radius 3 is 2.52 bits per heavy atom. The third-order valence-electron chi connectivity index (χ3n) is 6.39. The lowest BCUT2D eigenvalue weighted by molar-refractivity contribution is -0.115. The van der Waals surface area contributed by atoms with Gasteiger partial charge in [-0.3, -0.25) is 9.69 Å². The fourth-order valence-electron chi connectivity index (χ4n) is 4.46. The molecule has 204 valence electrons. The van der Waals surface area contributed by atoms with Crippen LogP contribution in [0.3, 0.4) is 0 Å². The van der Waals surface area contributed by atoms with Gasteiger partial charge < -0.3 is 15.4 Å². The predicted octanol–water partition coefficient (Wildman–Crippen LogP) is 6.99. The van der Waals surface area contributed by atoms with Gasteiger partial charge in [0, 0.05) is 21.2 Å². The number of ether oxygens (including phenoxy) is 1. The van der Waals surface area contributed by atoms with E-state index in [4.69, 9.17) is 4.74 Å². The minimum atomic E-state index is -0.401. The molecule has 7 nitrogen and oxygen atoms in total. The molecule has 0 radical (unpaired) electrons. The van der Waals surface area contributed by atoms with E-state index in [1.165, 1.54) is 11.8 Å². The summed E-state index contributed by atoms with van der Waals surface area (Å²) in [5.41, 5.74) is 2.56. The Balaban J connectivity index is 1.23. The molecule has 0 aromatic heterocycles. The molecule has 3 aromatic carbocycles. The standard InChI is InChI=1S/C31H29N3O4S2/c1-3-38-30(36)21-15-17-22(18-16-21)32-29(35)20(2)39-24-10-8-9-23(19-24)33-31(37)34-25-11-4-6-13-27(25)40-28-14-7-5-12-26(28)34/h4-20,25,27H,3H2,1-2H3,(H,32,35)(H,33,37). The lowest BCUT2D eigenvalue weighted by atomic mass is 10.1. The van der Waals surface area contributed by atoms with Gasteiger partial charge in [0.25, 0.3) is 0 Å². The number of fused-ring (bicyclic) bond motifs is 2. The smallest absolute Gasteiger partial charge is 0.338 e. The summed E-state index contributed by atoms with van der Waals surface area (Å²) < 4.78 is 5.00. The van der Waals surface area contributed by atoms with Crippen molar-refractivity contribution in [2.75, 3.05) is 22.1 Å². The van der Waals surface area contributed by atoms with Gasteiger partial charge in [-0.25, -0.2) is 9.59 Å². The highest BCUT2D eigenvalue weighted by atomic mass is 32.2. The largest absolute Gasteiger partial charge is 0.462 e. The number of amides is 3. The summed E-state index contributed by atoms with van der Waals surface area (Å²) in [6.07, 6.45) is 8.19. The summed E-state index contributed by atoms with van der Waals surface area (Å²) in [6.45, 7) is 3.88. The van der Waals surface area contributed by atoms with Gasteiger partial charge in [0.05, 0.1) is 34.4 Å². The van der Waals surface area contributed by atoms with Crippen molar-refractivity contribution in [1.82, 2.24) is 0 Å². The number of carbonyl (C=O) groups is 3. The number of hydrogen-bond donors (Lipinski definition) is 2. The number of esters is 1. The molecule has 3 atom stereocenters. The van der Waals surface area contributed by atoms with Crippen LogP contribution < -0.4 is 15.5 Å². The molecule has 1 aliphatic heterocycles. The molecule has 2 aliphatic rings. The van der Waals surface area contributed by atoms with Crippen molar-refractivity contribution < 1.29 is 19.1 Å². The van der Waals surface area contributed by atoms with Crippen LogP contribution in [0, 0.1) is 0 Å². The lowest BCUT2D eigenvalue weighted by Crippen LogP contribution is -2.49. The highest BCUT2D eigenvalue weighted by Crippen LogP contribution is 2.43. The Hall–Kier alpha value is -3.95. The Bertz CT molecular complexity index is 1470. The summed E-state index contributed by atoms with van der Waals surface area (Å²) in [4.78, 5) is 42.0. The topological polar surface area (TPSA) is 87.7 Å². The Kier molecular flexibility index (Phi) is 8.62. The minimum absolute atomic E-state index is 0.0856. The van der Waals surface area contributed by atoms with E-state index in [0.29, 0.717) is 23.5 Å². The first kappa shape index (κ1) is 27.6. The van der Waals surface area contributed by atoms with E-state index in [-0.39, 0.29) is 23.2 Å². The van der Waals surface area contributed by atoms with Crippen molar-refractivity contribution >= 4 is 58.5 Å². The van der Waals surface area contributed by atoms with E-state index in [2.05, 4.69) is 22.8 Å². The zero-order chi connectivity index (χ0) is 28.1. The maximum absolute atomic E-state index is 13.6. The molecule has 40 heavy (non-hydrogen) atoms. The van der Waals surface area contributed by atoms with Crippen molar-refractivity contribution in [2.24, 2.45) is 0 Å². The second-order valence-electron chi connectivity index (χ2n) is 9.19. The monoisotopic (exact) mass is 571 g/mol. The van der Waals surface area contributed by atoms with E-state index >= 15 is 0 Å². The normalized spacial score (nSPS) is 17.8. The van der Waals surface area contributed by atoms with Crippen LogP contribution in [0.1, 0.15) is 24.2 Å². The molecular formula is C31H29N3O4S2. The van der Waals surface area contributed by atoms with Crippen LogP contribution in [0.5, 0.6) is 0 Å². The van der Waals surface area contributed by atoms with Gasteiger partial charge in [-0.15, -0.1) is 23.5 Å². The SMILES string of the molecule is CCOC(=O)c1ccc(NC(=O)C(C)Sc2cccc(NC(=O)N3c4ccccc4SC4C=CC=CC43)c2)cc1. The van der Waals surface area contributed by atoms with Crippen LogP contribution in [0.4, 0.5) is 21.9 Å². The number of rotatable bonds is 7. The van der Waals surface area contributed by atoms with Crippen molar-refractivity contribution in [3.8, 4) is 0 Å². The molecule has 3 amide bonds. The van der Waals surface area contributed by atoms with Crippen LogP contribution in [0.25, 0.3) is 0 Å². The summed E-state index contributed by atoms with van der Waals surface area (Å²) in [7, 11) is 0. The number of hydrogen-bond acceptors (Lipinski definition) is 6. The first-order valence-corrected chi connectivity index (χ1v) is 14.7. The molecule has 1 heterocycles. The first-order chi connectivity index (χ1) is 19.4. The summed E-state index contributed by atoms with van der Waals surface area (Å²) >= 11 is 3.16. The van der Waals surface area contributed by atoms with E-state index in [9.17, 15) is 14.4 Å². The van der Waals surface area contributed by atoms with Crippen LogP contribution in [0.15, 0.2) is 107 Å². The Labute approximate surface area is 242 Å². The third-order valence-corrected chi connectivity index (χ3v) is 8.79. The molecule has 0 fully saturated rings. The maximum Gasteiger partial charge on any atom is 0.338 e. The van der Waals surface area contributed by atoms with Gasteiger partial charge in [0.1, 0.15) is 0 Å².